The SMILES string of the molecule is COc1ccc(-n2c(C(C)N(CCN(C)C)C(=O)CCC3CCCC3)nc3ccccc3c2=O)cc1. The van der Waals surface area contributed by atoms with Crippen LogP contribution in [0, 0.1) is 5.92 Å². The van der Waals surface area contributed by atoms with Gasteiger partial charge in [-0.1, -0.05) is 37.8 Å². The highest BCUT2D eigenvalue weighted by molar-refractivity contribution is 5.79. The molecular formula is C29H38N4O3. The van der Waals surface area contributed by atoms with Crippen molar-refractivity contribution in [3.63, 3.8) is 0 Å². The molecule has 0 bridgehead atoms. The summed E-state index contributed by atoms with van der Waals surface area (Å²) in [5, 5.41) is 0.552. The third kappa shape index (κ3) is 5.78. The number of methoxy groups -OCH3 is 1. The normalized spacial score (nSPS) is 14.9. The van der Waals surface area contributed by atoms with Gasteiger partial charge in [-0.05, 0) is 69.8 Å². The van der Waals surface area contributed by atoms with E-state index in [4.69, 9.17) is 9.72 Å². The average molecular weight is 491 g/mol. The Kier molecular flexibility index (Phi) is 8.41. The zero-order valence-corrected chi connectivity index (χ0v) is 21.9. The van der Waals surface area contributed by atoms with Gasteiger partial charge in [-0.3, -0.25) is 14.2 Å². The Hall–Kier alpha value is -3.19. The van der Waals surface area contributed by atoms with Gasteiger partial charge in [-0.15, -0.1) is 0 Å². The highest BCUT2D eigenvalue weighted by Crippen LogP contribution is 2.30. The monoisotopic (exact) mass is 490 g/mol. The quantitative estimate of drug-likeness (QED) is 0.408. The molecule has 1 amide bonds. The van der Waals surface area contributed by atoms with Gasteiger partial charge in [-0.25, -0.2) is 4.98 Å². The number of rotatable bonds is 10. The van der Waals surface area contributed by atoms with Crippen LogP contribution in [0.15, 0.2) is 53.3 Å². The van der Waals surface area contributed by atoms with Gasteiger partial charge in [0.25, 0.3) is 5.56 Å². The van der Waals surface area contributed by atoms with E-state index >= 15 is 0 Å². The molecule has 0 radical (unpaired) electrons. The number of hydrogen-bond donors (Lipinski definition) is 0. The van der Waals surface area contributed by atoms with Crippen molar-refractivity contribution in [2.75, 3.05) is 34.3 Å². The van der Waals surface area contributed by atoms with Crippen LogP contribution >= 0.6 is 0 Å². The molecule has 2 aromatic carbocycles. The Labute approximate surface area is 213 Å². The van der Waals surface area contributed by atoms with Gasteiger partial charge in [-0.2, -0.15) is 0 Å². The van der Waals surface area contributed by atoms with Crippen molar-refractivity contribution in [3.05, 3.63) is 64.7 Å². The first-order valence-corrected chi connectivity index (χ1v) is 13.0. The van der Waals surface area contributed by atoms with E-state index in [2.05, 4.69) is 4.90 Å². The summed E-state index contributed by atoms with van der Waals surface area (Å²) >= 11 is 0. The largest absolute Gasteiger partial charge is 0.497 e. The predicted octanol–water partition coefficient (Wildman–Crippen LogP) is 4.82. The fourth-order valence-corrected chi connectivity index (χ4v) is 5.16. The van der Waals surface area contributed by atoms with Gasteiger partial charge in [0.1, 0.15) is 11.6 Å². The number of para-hydroxylation sites is 1. The summed E-state index contributed by atoms with van der Waals surface area (Å²) in [7, 11) is 5.63. The predicted molar refractivity (Wildman–Crippen MR) is 144 cm³/mol. The number of likely N-dealkylation sites (N-methyl/N-ethyl adjacent to an activating group) is 1. The Bertz CT molecular complexity index is 1230. The molecule has 1 unspecified atom stereocenters. The topological polar surface area (TPSA) is 67.7 Å². The highest BCUT2D eigenvalue weighted by Gasteiger charge is 2.27. The summed E-state index contributed by atoms with van der Waals surface area (Å²) in [6.07, 6.45) is 6.46. The van der Waals surface area contributed by atoms with Gasteiger partial charge in [0, 0.05) is 19.5 Å². The van der Waals surface area contributed by atoms with Gasteiger partial charge in [0.2, 0.25) is 5.91 Å². The van der Waals surface area contributed by atoms with Gasteiger partial charge in [0.05, 0.1) is 29.7 Å². The molecule has 0 N–H and O–H groups in total. The van der Waals surface area contributed by atoms with Crippen molar-refractivity contribution < 1.29 is 9.53 Å². The molecule has 1 aliphatic rings. The first-order chi connectivity index (χ1) is 17.4. The lowest BCUT2D eigenvalue weighted by Crippen LogP contribution is -2.41. The lowest BCUT2D eigenvalue weighted by molar-refractivity contribution is -0.134. The molecule has 0 aliphatic heterocycles. The fraction of sp³-hybridized carbons (Fsp3) is 0.483. The molecule has 7 heteroatoms. The maximum absolute atomic E-state index is 13.7. The number of nitrogens with zero attached hydrogens (tertiary/aromatic N) is 4. The van der Waals surface area contributed by atoms with E-state index in [0.29, 0.717) is 47.0 Å². The van der Waals surface area contributed by atoms with Crippen LogP contribution in [-0.4, -0.2) is 59.6 Å². The van der Waals surface area contributed by atoms with Crippen molar-refractivity contribution >= 4 is 16.8 Å². The van der Waals surface area contributed by atoms with E-state index in [1.165, 1.54) is 25.7 Å². The van der Waals surface area contributed by atoms with Gasteiger partial charge >= 0.3 is 0 Å². The Morgan fingerprint density at radius 3 is 2.44 bits per heavy atom. The first-order valence-electron chi connectivity index (χ1n) is 13.0. The first kappa shape index (κ1) is 25.9. The lowest BCUT2D eigenvalue weighted by Gasteiger charge is -2.32. The van der Waals surface area contributed by atoms with Crippen molar-refractivity contribution in [1.29, 1.82) is 0 Å². The molecule has 0 saturated heterocycles. The van der Waals surface area contributed by atoms with E-state index in [-0.39, 0.29) is 17.5 Å². The number of amides is 1. The van der Waals surface area contributed by atoms with Crippen LogP contribution in [0.2, 0.25) is 0 Å². The highest BCUT2D eigenvalue weighted by atomic mass is 16.5. The molecule has 7 nitrogen and oxygen atoms in total. The zero-order chi connectivity index (χ0) is 25.7. The summed E-state index contributed by atoms with van der Waals surface area (Å²) in [4.78, 5) is 36.3. The number of benzene rings is 2. The molecular weight excluding hydrogens is 452 g/mol. The molecule has 3 aromatic rings. The number of fused-ring (bicyclic) bond motifs is 1. The number of hydrogen-bond acceptors (Lipinski definition) is 5. The molecule has 1 fully saturated rings. The van der Waals surface area contributed by atoms with Crippen molar-refractivity contribution in [2.24, 2.45) is 5.92 Å². The molecule has 0 spiro atoms. The summed E-state index contributed by atoms with van der Waals surface area (Å²) in [6, 6.07) is 14.4. The number of carbonyl (C=O) groups excluding carboxylic acids is 1. The minimum absolute atomic E-state index is 0.125. The zero-order valence-electron chi connectivity index (χ0n) is 21.9. The van der Waals surface area contributed by atoms with Gasteiger partial charge < -0.3 is 14.5 Å². The molecule has 1 heterocycles. The summed E-state index contributed by atoms with van der Waals surface area (Å²) in [5.41, 5.74) is 1.20. The average Bonchev–Trinajstić information content (AvgIpc) is 3.41. The maximum Gasteiger partial charge on any atom is 0.266 e. The molecule has 192 valence electrons. The maximum atomic E-state index is 13.7. The molecule has 1 saturated carbocycles. The molecule has 36 heavy (non-hydrogen) atoms. The Morgan fingerprint density at radius 1 is 1.08 bits per heavy atom. The molecule has 4 rings (SSSR count). The standard InChI is InChI=1S/C29H38N4O3/c1-21(32(20-19-31(2)3)27(34)18-13-22-9-5-6-10-22)28-30-26-12-8-7-11-25(26)29(35)33(28)23-14-16-24(36-4)17-15-23/h7-8,11-12,14-17,21-22H,5-6,9-10,13,18-20H2,1-4H3. The second kappa shape index (κ2) is 11.7. The van der Waals surface area contributed by atoms with Crippen LogP contribution in [0.3, 0.4) is 0 Å². The number of carbonyl (C=O) groups is 1. The van der Waals surface area contributed by atoms with E-state index in [1.54, 1.807) is 17.7 Å². The Morgan fingerprint density at radius 2 is 1.78 bits per heavy atom. The van der Waals surface area contributed by atoms with Crippen molar-refractivity contribution in [2.45, 2.75) is 51.5 Å². The summed E-state index contributed by atoms with van der Waals surface area (Å²) < 4.78 is 6.97. The third-order valence-electron chi connectivity index (χ3n) is 7.32. The van der Waals surface area contributed by atoms with Crippen LogP contribution in [-0.2, 0) is 4.79 Å². The second-order valence-corrected chi connectivity index (χ2v) is 10.1. The summed E-state index contributed by atoms with van der Waals surface area (Å²) in [6.45, 7) is 3.29. The van der Waals surface area contributed by atoms with Crippen LogP contribution in [0.4, 0.5) is 0 Å². The van der Waals surface area contributed by atoms with E-state index in [1.807, 2.05) is 68.4 Å². The summed E-state index contributed by atoms with van der Waals surface area (Å²) in [5.74, 6) is 2.05. The van der Waals surface area contributed by atoms with E-state index < -0.39 is 0 Å². The lowest BCUT2D eigenvalue weighted by atomic mass is 10.0. The van der Waals surface area contributed by atoms with Crippen LogP contribution in [0.1, 0.15) is 57.3 Å². The molecule has 1 atom stereocenters. The van der Waals surface area contributed by atoms with E-state index in [0.717, 1.165) is 13.0 Å². The minimum Gasteiger partial charge on any atom is -0.497 e. The third-order valence-corrected chi connectivity index (χ3v) is 7.32. The van der Waals surface area contributed by atoms with Gasteiger partial charge in [0.15, 0.2) is 0 Å². The number of ether oxygens (including phenoxy) is 1. The fourth-order valence-electron chi connectivity index (χ4n) is 5.16. The number of aromatic nitrogens is 2. The molecule has 1 aromatic heterocycles. The van der Waals surface area contributed by atoms with Crippen molar-refractivity contribution in [3.8, 4) is 11.4 Å². The molecule has 1 aliphatic carbocycles. The smallest absolute Gasteiger partial charge is 0.266 e. The Balaban J connectivity index is 1.75. The second-order valence-electron chi connectivity index (χ2n) is 10.1. The minimum atomic E-state index is -0.375. The van der Waals surface area contributed by atoms with Crippen LogP contribution in [0.25, 0.3) is 16.6 Å². The van der Waals surface area contributed by atoms with Crippen molar-refractivity contribution in [1.82, 2.24) is 19.4 Å². The van der Waals surface area contributed by atoms with E-state index in [9.17, 15) is 9.59 Å². The van der Waals surface area contributed by atoms with Crippen LogP contribution in [0.5, 0.6) is 5.75 Å². The van der Waals surface area contributed by atoms with Crippen LogP contribution < -0.4 is 10.3 Å².